The summed E-state index contributed by atoms with van der Waals surface area (Å²) in [6.45, 7) is 3.91. The Labute approximate surface area is 86.9 Å². The van der Waals surface area contributed by atoms with Gasteiger partial charge in [0.25, 0.3) is 0 Å². The highest BCUT2D eigenvalue weighted by Gasteiger charge is 2.23. The van der Waals surface area contributed by atoms with Gasteiger partial charge in [-0.3, -0.25) is 0 Å². The summed E-state index contributed by atoms with van der Waals surface area (Å²) < 4.78 is 0.999. The first-order valence-corrected chi connectivity index (χ1v) is 4.96. The molecule has 1 rings (SSSR count). The van der Waals surface area contributed by atoms with Crippen molar-refractivity contribution in [3.05, 3.63) is 33.8 Å². The molecular weight excluding hydrogens is 230 g/mol. The molecule has 2 nitrogen and oxygen atoms in total. The van der Waals surface area contributed by atoms with Gasteiger partial charge in [-0.1, -0.05) is 28.1 Å². The maximum absolute atomic E-state index is 9.95. The maximum atomic E-state index is 9.95. The average Bonchev–Trinajstić information content (AvgIpc) is 2.09. The molecule has 0 aliphatic rings. The van der Waals surface area contributed by atoms with E-state index in [1.165, 1.54) is 0 Å². The molecule has 0 heterocycles. The molecular formula is C10H14BrNO. The first-order chi connectivity index (χ1) is 5.99. The minimum Gasteiger partial charge on any atom is -0.384 e. The zero-order valence-electron chi connectivity index (χ0n) is 7.84. The monoisotopic (exact) mass is 243 g/mol. The molecule has 1 unspecified atom stereocenters. The summed E-state index contributed by atoms with van der Waals surface area (Å²) >= 11 is 3.42. The van der Waals surface area contributed by atoms with E-state index in [2.05, 4.69) is 15.9 Å². The molecule has 3 N–H and O–H groups in total. The van der Waals surface area contributed by atoms with Gasteiger partial charge in [0.1, 0.15) is 0 Å². The Bertz CT molecular complexity index is 310. The lowest BCUT2D eigenvalue weighted by Gasteiger charge is -2.24. The zero-order chi connectivity index (χ0) is 10.1. The van der Waals surface area contributed by atoms with Crippen LogP contribution in [0.5, 0.6) is 0 Å². The van der Waals surface area contributed by atoms with E-state index in [1.807, 2.05) is 25.1 Å². The molecule has 0 saturated carbocycles. The van der Waals surface area contributed by atoms with Crippen molar-refractivity contribution in [2.45, 2.75) is 19.4 Å². The number of benzene rings is 1. The molecule has 0 radical (unpaired) electrons. The molecule has 0 amide bonds. The van der Waals surface area contributed by atoms with Crippen LogP contribution in [0.15, 0.2) is 22.7 Å². The molecule has 0 bridgehead atoms. The van der Waals surface area contributed by atoms with Crippen LogP contribution in [0.3, 0.4) is 0 Å². The molecule has 1 atom stereocenters. The Hall–Kier alpha value is -0.380. The van der Waals surface area contributed by atoms with E-state index in [1.54, 1.807) is 6.92 Å². The highest BCUT2D eigenvalue weighted by Crippen LogP contribution is 2.27. The molecule has 0 aliphatic carbocycles. The van der Waals surface area contributed by atoms with Crippen LogP contribution < -0.4 is 5.73 Å². The summed E-state index contributed by atoms with van der Waals surface area (Å²) in [7, 11) is 0. The Balaban J connectivity index is 3.22. The molecule has 3 heteroatoms. The first kappa shape index (κ1) is 10.7. The van der Waals surface area contributed by atoms with Crippen molar-refractivity contribution < 1.29 is 5.11 Å². The van der Waals surface area contributed by atoms with Gasteiger partial charge in [0.15, 0.2) is 0 Å². The maximum Gasteiger partial charge on any atom is 0.0993 e. The molecule has 0 spiro atoms. The summed E-state index contributed by atoms with van der Waals surface area (Å²) in [5, 5.41) is 9.95. The fraction of sp³-hybridized carbons (Fsp3) is 0.400. The van der Waals surface area contributed by atoms with E-state index in [9.17, 15) is 5.11 Å². The number of hydrogen-bond donors (Lipinski definition) is 2. The first-order valence-electron chi connectivity index (χ1n) is 4.17. The third kappa shape index (κ3) is 2.10. The third-order valence-electron chi connectivity index (χ3n) is 2.25. The minimum atomic E-state index is -0.937. The standard InChI is InChI=1S/C10H14BrNO/c1-7-8(10(2,13)6-12)4-3-5-9(7)11/h3-5,13H,6,12H2,1-2H3. The summed E-state index contributed by atoms with van der Waals surface area (Å²) in [6, 6.07) is 5.74. The fourth-order valence-corrected chi connectivity index (χ4v) is 1.67. The lowest BCUT2D eigenvalue weighted by atomic mass is 9.92. The number of nitrogens with two attached hydrogens (primary N) is 1. The van der Waals surface area contributed by atoms with Crippen molar-refractivity contribution in [1.29, 1.82) is 0 Å². The van der Waals surface area contributed by atoms with Gasteiger partial charge < -0.3 is 10.8 Å². The molecule has 0 aromatic heterocycles. The Morgan fingerprint density at radius 2 is 2.15 bits per heavy atom. The normalized spacial score (nSPS) is 15.5. The average molecular weight is 244 g/mol. The zero-order valence-corrected chi connectivity index (χ0v) is 9.43. The molecule has 0 saturated heterocycles. The quantitative estimate of drug-likeness (QED) is 0.834. The second kappa shape index (κ2) is 3.78. The van der Waals surface area contributed by atoms with E-state index in [0.717, 1.165) is 15.6 Å². The highest BCUT2D eigenvalue weighted by atomic mass is 79.9. The SMILES string of the molecule is Cc1c(Br)cccc1C(C)(O)CN. The summed E-state index contributed by atoms with van der Waals surface area (Å²) in [5.74, 6) is 0. The molecule has 0 aliphatic heterocycles. The number of rotatable bonds is 2. The summed E-state index contributed by atoms with van der Waals surface area (Å²) in [4.78, 5) is 0. The second-order valence-electron chi connectivity index (χ2n) is 3.39. The van der Waals surface area contributed by atoms with Crippen LogP contribution in [0.1, 0.15) is 18.1 Å². The van der Waals surface area contributed by atoms with E-state index in [0.29, 0.717) is 0 Å². The van der Waals surface area contributed by atoms with Crippen molar-refractivity contribution in [3.63, 3.8) is 0 Å². The van der Waals surface area contributed by atoms with Gasteiger partial charge >= 0.3 is 0 Å². The number of hydrogen-bond acceptors (Lipinski definition) is 2. The van der Waals surface area contributed by atoms with Crippen LogP contribution in [-0.4, -0.2) is 11.7 Å². The largest absolute Gasteiger partial charge is 0.384 e. The smallest absolute Gasteiger partial charge is 0.0993 e. The van der Waals surface area contributed by atoms with Gasteiger partial charge in [-0.2, -0.15) is 0 Å². The van der Waals surface area contributed by atoms with Crippen molar-refractivity contribution in [1.82, 2.24) is 0 Å². The van der Waals surface area contributed by atoms with Crippen LogP contribution in [0.4, 0.5) is 0 Å². The fourth-order valence-electron chi connectivity index (χ4n) is 1.30. The number of aliphatic hydroxyl groups is 1. The summed E-state index contributed by atoms with van der Waals surface area (Å²) in [6.07, 6.45) is 0. The minimum absolute atomic E-state index is 0.226. The van der Waals surface area contributed by atoms with Gasteiger partial charge in [0.2, 0.25) is 0 Å². The Morgan fingerprint density at radius 3 is 2.69 bits per heavy atom. The van der Waals surface area contributed by atoms with Crippen LogP contribution in [0.25, 0.3) is 0 Å². The lowest BCUT2D eigenvalue weighted by molar-refractivity contribution is 0.0661. The topological polar surface area (TPSA) is 46.2 Å². The Morgan fingerprint density at radius 1 is 1.54 bits per heavy atom. The summed E-state index contributed by atoms with van der Waals surface area (Å²) in [5.41, 5.74) is 6.47. The van der Waals surface area contributed by atoms with Crippen molar-refractivity contribution in [2.24, 2.45) is 5.73 Å². The second-order valence-corrected chi connectivity index (χ2v) is 4.24. The predicted octanol–water partition coefficient (Wildman–Crippen LogP) is 1.92. The molecule has 1 aromatic rings. The van der Waals surface area contributed by atoms with E-state index < -0.39 is 5.60 Å². The van der Waals surface area contributed by atoms with Crippen LogP contribution >= 0.6 is 15.9 Å². The van der Waals surface area contributed by atoms with Crippen molar-refractivity contribution >= 4 is 15.9 Å². The predicted molar refractivity (Wildman–Crippen MR) is 57.5 cm³/mol. The lowest BCUT2D eigenvalue weighted by Crippen LogP contribution is -2.32. The van der Waals surface area contributed by atoms with Crippen LogP contribution in [0.2, 0.25) is 0 Å². The van der Waals surface area contributed by atoms with Gasteiger partial charge in [-0.05, 0) is 31.0 Å². The van der Waals surface area contributed by atoms with E-state index in [-0.39, 0.29) is 6.54 Å². The molecule has 1 aromatic carbocycles. The molecule has 0 fully saturated rings. The van der Waals surface area contributed by atoms with Crippen molar-refractivity contribution in [2.75, 3.05) is 6.54 Å². The van der Waals surface area contributed by atoms with Gasteiger partial charge in [0, 0.05) is 11.0 Å². The van der Waals surface area contributed by atoms with Gasteiger partial charge in [-0.25, -0.2) is 0 Å². The van der Waals surface area contributed by atoms with E-state index >= 15 is 0 Å². The molecule has 72 valence electrons. The highest BCUT2D eigenvalue weighted by molar-refractivity contribution is 9.10. The van der Waals surface area contributed by atoms with Gasteiger partial charge in [0.05, 0.1) is 5.60 Å². The van der Waals surface area contributed by atoms with Crippen LogP contribution in [0, 0.1) is 6.92 Å². The van der Waals surface area contributed by atoms with E-state index in [4.69, 9.17) is 5.73 Å². The van der Waals surface area contributed by atoms with Crippen molar-refractivity contribution in [3.8, 4) is 0 Å². The van der Waals surface area contributed by atoms with Gasteiger partial charge in [-0.15, -0.1) is 0 Å². The third-order valence-corrected chi connectivity index (χ3v) is 3.10. The van der Waals surface area contributed by atoms with Crippen LogP contribution in [-0.2, 0) is 5.60 Å². The Kier molecular flexibility index (Phi) is 3.11. The number of halogens is 1. The molecule has 13 heavy (non-hydrogen) atoms.